The summed E-state index contributed by atoms with van der Waals surface area (Å²) in [7, 11) is 0. The van der Waals surface area contributed by atoms with Crippen molar-refractivity contribution in [3.63, 3.8) is 0 Å². The van der Waals surface area contributed by atoms with E-state index < -0.39 is 29.1 Å². The molecule has 2 aliphatic rings. The second-order valence-corrected chi connectivity index (χ2v) is 9.37. The minimum atomic E-state index is -4.61. The monoisotopic (exact) mass is 488 g/mol. The van der Waals surface area contributed by atoms with Gasteiger partial charge in [-0.1, -0.05) is 0 Å². The number of furan rings is 1. The molecule has 1 aromatic carbocycles. The van der Waals surface area contributed by atoms with Crippen LogP contribution in [0.1, 0.15) is 45.8 Å². The van der Waals surface area contributed by atoms with Crippen LogP contribution >= 0.6 is 0 Å². The third-order valence-electron chi connectivity index (χ3n) is 7.23. The van der Waals surface area contributed by atoms with E-state index in [4.69, 9.17) is 15.4 Å². The van der Waals surface area contributed by atoms with Crippen LogP contribution in [0, 0.1) is 42.9 Å². The standard InChI is InChI=1S/C25H27F3N4O3/c1-14-9-19(15(2)35-14)24(34)32-12-20(21(13-32)23(30)33)16-5-7-31(8-6-16)18-4-3-17(11-29)22(10-18)25(26,27)28/h3-4,9-10,16,20-21H,5-8,12-13H2,1-2H3,(H2,30,33). The third kappa shape index (κ3) is 4.85. The molecule has 2 saturated heterocycles. The number of piperidine rings is 1. The molecule has 2 N–H and O–H groups in total. The summed E-state index contributed by atoms with van der Waals surface area (Å²) in [6.07, 6.45) is -3.30. The molecular formula is C25H27F3N4O3. The minimum Gasteiger partial charge on any atom is -0.466 e. The zero-order valence-corrected chi connectivity index (χ0v) is 19.6. The predicted octanol–water partition coefficient (Wildman–Crippen LogP) is 3.88. The van der Waals surface area contributed by atoms with E-state index in [9.17, 15) is 22.8 Å². The van der Waals surface area contributed by atoms with Crippen molar-refractivity contribution in [3.05, 3.63) is 52.5 Å². The number of hydrogen-bond acceptors (Lipinski definition) is 5. The molecule has 0 aliphatic carbocycles. The van der Waals surface area contributed by atoms with E-state index in [0.717, 1.165) is 6.07 Å². The maximum Gasteiger partial charge on any atom is 0.417 e. The van der Waals surface area contributed by atoms with Crippen molar-refractivity contribution in [2.45, 2.75) is 32.9 Å². The summed E-state index contributed by atoms with van der Waals surface area (Å²) >= 11 is 0. The smallest absolute Gasteiger partial charge is 0.417 e. The lowest BCUT2D eigenvalue weighted by Gasteiger charge is -2.37. The van der Waals surface area contributed by atoms with E-state index in [0.29, 0.717) is 55.2 Å². The van der Waals surface area contributed by atoms with Crippen LogP contribution in [0.3, 0.4) is 0 Å². The van der Waals surface area contributed by atoms with Crippen LogP contribution in [-0.4, -0.2) is 42.9 Å². The minimum absolute atomic E-state index is 0.106. The van der Waals surface area contributed by atoms with Crippen LogP contribution in [0.25, 0.3) is 0 Å². The van der Waals surface area contributed by atoms with Gasteiger partial charge < -0.3 is 20.0 Å². The number of halogens is 3. The number of nitriles is 1. The molecule has 35 heavy (non-hydrogen) atoms. The fourth-order valence-electron chi connectivity index (χ4n) is 5.43. The first-order chi connectivity index (χ1) is 16.5. The van der Waals surface area contributed by atoms with Gasteiger partial charge in [-0.3, -0.25) is 9.59 Å². The van der Waals surface area contributed by atoms with Crippen molar-refractivity contribution in [1.29, 1.82) is 5.26 Å². The second kappa shape index (κ2) is 9.29. The highest BCUT2D eigenvalue weighted by Crippen LogP contribution is 2.39. The highest BCUT2D eigenvalue weighted by molar-refractivity contribution is 5.96. The first-order valence-electron chi connectivity index (χ1n) is 11.5. The lowest BCUT2D eigenvalue weighted by molar-refractivity contribution is -0.137. The largest absolute Gasteiger partial charge is 0.466 e. The molecule has 2 aromatic rings. The molecule has 2 fully saturated rings. The summed E-state index contributed by atoms with van der Waals surface area (Å²) < 4.78 is 45.6. The number of hydrogen-bond donors (Lipinski definition) is 1. The Balaban J connectivity index is 1.46. The summed E-state index contributed by atoms with van der Waals surface area (Å²) in [5.74, 6) is 0.0401. The molecular weight excluding hydrogens is 461 g/mol. The SMILES string of the molecule is Cc1cc(C(=O)N2CC(C(N)=O)C(C3CCN(c4ccc(C#N)c(C(F)(F)F)c4)CC3)C2)c(C)o1. The van der Waals surface area contributed by atoms with Crippen molar-refractivity contribution in [2.75, 3.05) is 31.1 Å². The molecule has 2 atom stereocenters. The normalized spacial score (nSPS) is 21.3. The van der Waals surface area contributed by atoms with Gasteiger partial charge in [-0.2, -0.15) is 18.4 Å². The topological polar surface area (TPSA) is 104 Å². The second-order valence-electron chi connectivity index (χ2n) is 9.37. The van der Waals surface area contributed by atoms with Crippen LogP contribution in [0.2, 0.25) is 0 Å². The molecule has 7 nitrogen and oxygen atoms in total. The van der Waals surface area contributed by atoms with Crippen molar-refractivity contribution < 1.29 is 27.2 Å². The van der Waals surface area contributed by atoms with Gasteiger partial charge in [0.05, 0.1) is 28.7 Å². The van der Waals surface area contributed by atoms with Gasteiger partial charge in [0.2, 0.25) is 5.91 Å². The van der Waals surface area contributed by atoms with Gasteiger partial charge in [0.25, 0.3) is 5.91 Å². The van der Waals surface area contributed by atoms with Crippen molar-refractivity contribution in [2.24, 2.45) is 23.5 Å². The number of nitrogens with two attached hydrogens (primary N) is 1. The number of aryl methyl sites for hydroxylation is 2. The number of alkyl halides is 3. The summed E-state index contributed by atoms with van der Waals surface area (Å²) in [6.45, 7) is 5.14. The Morgan fingerprint density at radius 1 is 1.14 bits per heavy atom. The highest BCUT2D eigenvalue weighted by atomic mass is 19.4. The molecule has 0 radical (unpaired) electrons. The molecule has 4 rings (SSSR count). The van der Waals surface area contributed by atoms with Crippen molar-refractivity contribution >= 4 is 17.5 Å². The number of carbonyl (C=O) groups excluding carboxylic acids is 2. The Hall–Kier alpha value is -3.48. The number of benzene rings is 1. The number of rotatable bonds is 4. The Morgan fingerprint density at radius 2 is 1.83 bits per heavy atom. The fraction of sp³-hybridized carbons (Fsp3) is 0.480. The van der Waals surface area contributed by atoms with Crippen molar-refractivity contribution in [3.8, 4) is 6.07 Å². The molecule has 2 amide bonds. The fourth-order valence-corrected chi connectivity index (χ4v) is 5.43. The van der Waals surface area contributed by atoms with E-state index in [-0.39, 0.29) is 24.3 Å². The molecule has 0 bridgehead atoms. The predicted molar refractivity (Wildman–Crippen MR) is 121 cm³/mol. The van der Waals surface area contributed by atoms with Gasteiger partial charge in [0.1, 0.15) is 11.5 Å². The maximum atomic E-state index is 13.4. The van der Waals surface area contributed by atoms with Gasteiger partial charge in [-0.15, -0.1) is 0 Å². The van der Waals surface area contributed by atoms with Crippen LogP contribution in [0.15, 0.2) is 28.7 Å². The van der Waals surface area contributed by atoms with Gasteiger partial charge in [-0.25, -0.2) is 0 Å². The average Bonchev–Trinajstić information content (AvgIpc) is 3.41. The Kier molecular flexibility index (Phi) is 6.54. The molecule has 3 heterocycles. The Morgan fingerprint density at radius 3 is 2.37 bits per heavy atom. The van der Waals surface area contributed by atoms with Gasteiger partial charge in [0.15, 0.2) is 0 Å². The number of likely N-dealkylation sites (tertiary alicyclic amines) is 1. The molecule has 0 saturated carbocycles. The van der Waals surface area contributed by atoms with Crippen LogP contribution in [0.5, 0.6) is 0 Å². The zero-order chi connectivity index (χ0) is 25.5. The number of amides is 2. The van der Waals surface area contributed by atoms with Crippen LogP contribution < -0.4 is 10.6 Å². The summed E-state index contributed by atoms with van der Waals surface area (Å²) in [5, 5.41) is 9.02. The lowest BCUT2D eigenvalue weighted by atomic mass is 9.78. The summed E-state index contributed by atoms with van der Waals surface area (Å²) in [4.78, 5) is 28.8. The first kappa shape index (κ1) is 24.6. The van der Waals surface area contributed by atoms with Gasteiger partial charge in [-0.05, 0) is 62.8 Å². The van der Waals surface area contributed by atoms with Gasteiger partial charge in [0, 0.05) is 31.9 Å². The number of primary amides is 1. The van der Waals surface area contributed by atoms with E-state index in [2.05, 4.69) is 0 Å². The van der Waals surface area contributed by atoms with E-state index >= 15 is 0 Å². The van der Waals surface area contributed by atoms with Crippen molar-refractivity contribution in [1.82, 2.24) is 4.90 Å². The molecule has 10 heteroatoms. The number of carbonyl (C=O) groups is 2. The van der Waals surface area contributed by atoms with Crippen LogP contribution in [0.4, 0.5) is 18.9 Å². The molecule has 2 unspecified atom stereocenters. The van der Waals surface area contributed by atoms with E-state index in [1.165, 1.54) is 12.1 Å². The average molecular weight is 489 g/mol. The zero-order valence-electron chi connectivity index (χ0n) is 19.6. The summed E-state index contributed by atoms with van der Waals surface area (Å²) in [5.41, 5.74) is 5.24. The molecule has 186 valence electrons. The molecule has 2 aliphatic heterocycles. The Bertz CT molecular complexity index is 1180. The summed E-state index contributed by atoms with van der Waals surface area (Å²) in [6, 6.07) is 7.05. The quantitative estimate of drug-likeness (QED) is 0.704. The number of anilines is 1. The lowest BCUT2D eigenvalue weighted by Crippen LogP contribution is -2.40. The Labute approximate surface area is 201 Å². The highest BCUT2D eigenvalue weighted by Gasteiger charge is 2.44. The molecule has 0 spiro atoms. The maximum absolute atomic E-state index is 13.4. The number of nitrogens with zero attached hydrogens (tertiary/aromatic N) is 3. The van der Waals surface area contributed by atoms with Gasteiger partial charge >= 0.3 is 6.18 Å². The molecule has 1 aromatic heterocycles. The van der Waals surface area contributed by atoms with E-state index in [1.54, 1.807) is 30.9 Å². The van der Waals surface area contributed by atoms with Crippen LogP contribution in [-0.2, 0) is 11.0 Å². The first-order valence-corrected chi connectivity index (χ1v) is 11.5. The third-order valence-corrected chi connectivity index (χ3v) is 7.23. The van der Waals surface area contributed by atoms with E-state index in [1.807, 2.05) is 4.90 Å².